The van der Waals surface area contributed by atoms with E-state index in [-0.39, 0.29) is 0 Å². The van der Waals surface area contributed by atoms with E-state index in [1.807, 2.05) is 11.5 Å². The third kappa shape index (κ3) is 2.96. The minimum absolute atomic E-state index is 0.549. The second-order valence-electron chi connectivity index (χ2n) is 3.02. The van der Waals surface area contributed by atoms with Crippen LogP contribution in [0.2, 0.25) is 0 Å². The Kier molecular flexibility index (Phi) is 4.64. The smallest absolute Gasteiger partial charge is 0.224 e. The lowest BCUT2D eigenvalue weighted by atomic mass is 10.5. The van der Waals surface area contributed by atoms with Gasteiger partial charge in [0.2, 0.25) is 5.95 Å². The molecule has 0 saturated carbocycles. The summed E-state index contributed by atoms with van der Waals surface area (Å²) in [6.45, 7) is 6.99. The molecular formula is C10H17N5. The number of aromatic nitrogens is 3. The van der Waals surface area contributed by atoms with Gasteiger partial charge in [-0.3, -0.25) is 9.88 Å². The largest absolute Gasteiger partial charge is 0.355 e. The molecule has 0 radical (unpaired) electrons. The summed E-state index contributed by atoms with van der Waals surface area (Å²) in [6.07, 6.45) is 5.15. The van der Waals surface area contributed by atoms with Crippen LogP contribution in [0.15, 0.2) is 0 Å². The fourth-order valence-electron chi connectivity index (χ4n) is 1.33. The summed E-state index contributed by atoms with van der Waals surface area (Å²) < 4.78 is 2.03. The van der Waals surface area contributed by atoms with Crippen molar-refractivity contribution in [2.24, 2.45) is 0 Å². The van der Waals surface area contributed by atoms with Gasteiger partial charge in [-0.1, -0.05) is 5.92 Å². The van der Waals surface area contributed by atoms with Crippen molar-refractivity contribution < 1.29 is 0 Å². The van der Waals surface area contributed by atoms with Crippen molar-refractivity contribution in [2.75, 3.05) is 18.4 Å². The van der Waals surface area contributed by atoms with Crippen molar-refractivity contribution in [1.82, 2.24) is 20.1 Å². The van der Waals surface area contributed by atoms with Crippen molar-refractivity contribution in [3.63, 3.8) is 0 Å². The van der Waals surface area contributed by atoms with E-state index in [9.17, 15) is 0 Å². The lowest BCUT2D eigenvalue weighted by molar-refractivity contribution is 0.645. The molecule has 0 fully saturated rings. The molecule has 0 aliphatic heterocycles. The number of nitrogens with one attached hydrogen (secondary N) is 2. The normalized spacial score (nSPS) is 9.93. The molecule has 1 aromatic rings. The minimum atomic E-state index is 0.549. The molecule has 0 aliphatic rings. The number of hydrogen-bond acceptors (Lipinski definition) is 4. The van der Waals surface area contributed by atoms with E-state index in [1.54, 1.807) is 0 Å². The van der Waals surface area contributed by atoms with Crippen molar-refractivity contribution in [3.8, 4) is 12.3 Å². The highest BCUT2D eigenvalue weighted by Gasteiger charge is 2.08. The molecule has 0 bridgehead atoms. The summed E-state index contributed by atoms with van der Waals surface area (Å²) in [5, 5.41) is 14.4. The maximum Gasteiger partial charge on any atom is 0.224 e. The van der Waals surface area contributed by atoms with E-state index >= 15 is 0 Å². The van der Waals surface area contributed by atoms with Gasteiger partial charge in [-0.15, -0.1) is 16.6 Å². The Balaban J connectivity index is 2.67. The molecule has 0 spiro atoms. The van der Waals surface area contributed by atoms with Gasteiger partial charge in [0.1, 0.15) is 5.82 Å². The first-order chi connectivity index (χ1) is 7.33. The molecule has 0 amide bonds. The molecule has 2 N–H and O–H groups in total. The summed E-state index contributed by atoms with van der Waals surface area (Å²) in [5.41, 5.74) is 0. The lowest BCUT2D eigenvalue weighted by Gasteiger charge is -2.07. The first-order valence-corrected chi connectivity index (χ1v) is 5.13. The van der Waals surface area contributed by atoms with E-state index in [2.05, 4.69) is 33.7 Å². The highest BCUT2D eigenvalue weighted by molar-refractivity contribution is 5.25. The molecule has 1 rings (SSSR count). The molecule has 0 unspecified atom stereocenters. The standard InChI is InChI=1S/C10H17N5/c1-4-7-11-8-9-13-14-10(12-5-2)15(9)6-3/h1,11H,5-8H2,2-3H3,(H,12,14). The topological polar surface area (TPSA) is 54.8 Å². The Morgan fingerprint density at radius 3 is 2.80 bits per heavy atom. The minimum Gasteiger partial charge on any atom is -0.355 e. The van der Waals surface area contributed by atoms with Gasteiger partial charge in [0, 0.05) is 13.1 Å². The zero-order chi connectivity index (χ0) is 11.1. The van der Waals surface area contributed by atoms with Crippen molar-refractivity contribution in [2.45, 2.75) is 26.9 Å². The highest BCUT2D eigenvalue weighted by Crippen LogP contribution is 2.06. The van der Waals surface area contributed by atoms with Gasteiger partial charge in [0.15, 0.2) is 0 Å². The first kappa shape index (κ1) is 11.5. The van der Waals surface area contributed by atoms with Crippen LogP contribution in [0.3, 0.4) is 0 Å². The number of rotatable bonds is 6. The SMILES string of the molecule is C#CCNCc1nnc(NCC)n1CC. The highest BCUT2D eigenvalue weighted by atomic mass is 15.4. The summed E-state index contributed by atoms with van der Waals surface area (Å²) in [7, 11) is 0. The molecule has 1 heterocycles. The zero-order valence-corrected chi connectivity index (χ0v) is 9.25. The Morgan fingerprint density at radius 2 is 2.20 bits per heavy atom. The van der Waals surface area contributed by atoms with Crippen molar-refractivity contribution in [3.05, 3.63) is 5.82 Å². The number of nitrogens with zero attached hydrogens (tertiary/aromatic N) is 3. The molecule has 1 aromatic heterocycles. The van der Waals surface area contributed by atoms with Gasteiger partial charge in [0.25, 0.3) is 0 Å². The van der Waals surface area contributed by atoms with Gasteiger partial charge in [0.05, 0.1) is 13.1 Å². The average Bonchev–Trinajstić information content (AvgIpc) is 2.62. The molecule has 0 aliphatic carbocycles. The van der Waals surface area contributed by atoms with E-state index in [0.717, 1.165) is 24.9 Å². The second kappa shape index (κ2) is 6.04. The van der Waals surface area contributed by atoms with Crippen LogP contribution in [-0.4, -0.2) is 27.9 Å². The summed E-state index contributed by atoms with van der Waals surface area (Å²) in [4.78, 5) is 0. The van der Waals surface area contributed by atoms with E-state index in [0.29, 0.717) is 13.1 Å². The molecule has 0 atom stereocenters. The van der Waals surface area contributed by atoms with Crippen LogP contribution in [0.5, 0.6) is 0 Å². The van der Waals surface area contributed by atoms with E-state index in [1.165, 1.54) is 0 Å². The maximum atomic E-state index is 5.15. The zero-order valence-electron chi connectivity index (χ0n) is 9.25. The predicted molar refractivity (Wildman–Crippen MR) is 60.4 cm³/mol. The molecule has 82 valence electrons. The van der Waals surface area contributed by atoms with Gasteiger partial charge < -0.3 is 5.32 Å². The van der Waals surface area contributed by atoms with E-state index < -0.39 is 0 Å². The Bertz CT molecular complexity index is 336. The molecule has 0 aromatic carbocycles. The van der Waals surface area contributed by atoms with E-state index in [4.69, 9.17) is 6.42 Å². The van der Waals surface area contributed by atoms with Crippen LogP contribution in [-0.2, 0) is 13.1 Å². The molecule has 15 heavy (non-hydrogen) atoms. The van der Waals surface area contributed by atoms with Gasteiger partial charge in [-0.25, -0.2) is 0 Å². The number of anilines is 1. The monoisotopic (exact) mass is 207 g/mol. The fraction of sp³-hybridized carbons (Fsp3) is 0.600. The van der Waals surface area contributed by atoms with Gasteiger partial charge >= 0.3 is 0 Å². The number of terminal acetylenes is 1. The van der Waals surface area contributed by atoms with Crippen LogP contribution in [0, 0.1) is 12.3 Å². The van der Waals surface area contributed by atoms with Gasteiger partial charge in [-0.2, -0.15) is 0 Å². The van der Waals surface area contributed by atoms with Crippen LogP contribution < -0.4 is 10.6 Å². The molecule has 5 heteroatoms. The first-order valence-electron chi connectivity index (χ1n) is 5.13. The van der Waals surface area contributed by atoms with Crippen LogP contribution in [0.1, 0.15) is 19.7 Å². The second-order valence-corrected chi connectivity index (χ2v) is 3.02. The van der Waals surface area contributed by atoms with Crippen LogP contribution >= 0.6 is 0 Å². The third-order valence-electron chi connectivity index (χ3n) is 1.99. The molecular weight excluding hydrogens is 190 g/mol. The van der Waals surface area contributed by atoms with Crippen LogP contribution in [0.25, 0.3) is 0 Å². The molecule has 0 saturated heterocycles. The maximum absolute atomic E-state index is 5.15. The third-order valence-corrected chi connectivity index (χ3v) is 1.99. The quantitative estimate of drug-likeness (QED) is 0.525. The average molecular weight is 207 g/mol. The Morgan fingerprint density at radius 1 is 1.40 bits per heavy atom. The Labute approximate surface area is 90.3 Å². The van der Waals surface area contributed by atoms with Gasteiger partial charge in [-0.05, 0) is 13.8 Å². The van der Waals surface area contributed by atoms with Crippen LogP contribution in [0.4, 0.5) is 5.95 Å². The predicted octanol–water partition coefficient (Wildman–Crippen LogP) is 0.453. The van der Waals surface area contributed by atoms with Crippen molar-refractivity contribution in [1.29, 1.82) is 0 Å². The summed E-state index contributed by atoms with van der Waals surface area (Å²) in [6, 6.07) is 0. The van der Waals surface area contributed by atoms with Crippen molar-refractivity contribution >= 4 is 5.95 Å². The summed E-state index contributed by atoms with van der Waals surface area (Å²) >= 11 is 0. The number of hydrogen-bond donors (Lipinski definition) is 2. The summed E-state index contributed by atoms with van der Waals surface area (Å²) in [5.74, 6) is 4.25. The fourth-order valence-corrected chi connectivity index (χ4v) is 1.33. The lowest BCUT2D eigenvalue weighted by Crippen LogP contribution is -2.17. The Hall–Kier alpha value is -1.54. The molecule has 5 nitrogen and oxygen atoms in total.